The number of hydrogen-bond donors (Lipinski definition) is 2. The van der Waals surface area contributed by atoms with E-state index in [0.29, 0.717) is 12.1 Å². The third kappa shape index (κ3) is 4.60. The Bertz CT molecular complexity index is 638. The number of nitrogens with zero attached hydrogens (tertiary/aromatic N) is 1. The number of amides is 1. The van der Waals surface area contributed by atoms with Gasteiger partial charge in [-0.25, -0.2) is 0 Å². The van der Waals surface area contributed by atoms with Crippen LogP contribution in [0.15, 0.2) is 48.5 Å². The van der Waals surface area contributed by atoms with Crippen molar-refractivity contribution in [1.29, 1.82) is 0 Å². The van der Waals surface area contributed by atoms with Crippen LogP contribution in [0.5, 0.6) is 0 Å². The highest BCUT2D eigenvalue weighted by Gasteiger charge is 2.10. The van der Waals surface area contributed by atoms with E-state index in [9.17, 15) is 4.79 Å². The van der Waals surface area contributed by atoms with Gasteiger partial charge in [-0.3, -0.25) is 4.79 Å². The van der Waals surface area contributed by atoms with E-state index in [1.54, 1.807) is 0 Å². The Morgan fingerprint density at radius 1 is 1.09 bits per heavy atom. The van der Waals surface area contributed by atoms with Crippen LogP contribution in [0.3, 0.4) is 0 Å². The maximum absolute atomic E-state index is 12.3. The Balaban J connectivity index is 2.11. The molecule has 2 aromatic rings. The smallest absolute Gasteiger partial charge is 0.253 e. The van der Waals surface area contributed by atoms with Crippen molar-refractivity contribution in [1.82, 2.24) is 10.2 Å². The highest BCUT2D eigenvalue weighted by Crippen LogP contribution is 2.21. The predicted octanol–water partition coefficient (Wildman–Crippen LogP) is 3.03. The van der Waals surface area contributed by atoms with Gasteiger partial charge in [0.15, 0.2) is 0 Å². The van der Waals surface area contributed by atoms with Gasteiger partial charge in [-0.05, 0) is 50.8 Å². The second-order valence-electron chi connectivity index (χ2n) is 5.60. The standard InChI is InChI=1S/C18H23N3O/c1-14-7-6-8-15(13-14)20-17-10-5-4-9-16(17)18(22)19-11-12-21(2)3/h4-10,13,20H,11-12H2,1-3H3,(H,19,22). The number of carbonyl (C=O) groups excluding carboxylic acids is 1. The molecule has 0 atom stereocenters. The molecular weight excluding hydrogens is 274 g/mol. The van der Waals surface area contributed by atoms with Crippen molar-refractivity contribution in [3.63, 3.8) is 0 Å². The average molecular weight is 297 g/mol. The molecule has 4 heteroatoms. The molecule has 0 unspecified atom stereocenters. The zero-order valence-corrected chi connectivity index (χ0v) is 13.4. The maximum Gasteiger partial charge on any atom is 0.253 e. The largest absolute Gasteiger partial charge is 0.355 e. The van der Waals surface area contributed by atoms with Gasteiger partial charge in [0.05, 0.1) is 11.3 Å². The fraction of sp³-hybridized carbons (Fsp3) is 0.278. The van der Waals surface area contributed by atoms with Gasteiger partial charge in [-0.15, -0.1) is 0 Å². The summed E-state index contributed by atoms with van der Waals surface area (Å²) in [5, 5.41) is 6.27. The summed E-state index contributed by atoms with van der Waals surface area (Å²) in [6, 6.07) is 15.7. The van der Waals surface area contributed by atoms with Crippen molar-refractivity contribution < 1.29 is 4.79 Å². The van der Waals surface area contributed by atoms with E-state index >= 15 is 0 Å². The lowest BCUT2D eigenvalue weighted by atomic mass is 10.1. The Kier molecular flexibility index (Phi) is 5.55. The van der Waals surface area contributed by atoms with E-state index in [-0.39, 0.29) is 5.91 Å². The highest BCUT2D eigenvalue weighted by atomic mass is 16.1. The number of benzene rings is 2. The van der Waals surface area contributed by atoms with Gasteiger partial charge in [0.1, 0.15) is 0 Å². The van der Waals surface area contributed by atoms with Gasteiger partial charge in [-0.2, -0.15) is 0 Å². The summed E-state index contributed by atoms with van der Waals surface area (Å²) in [4.78, 5) is 14.4. The first kappa shape index (κ1) is 16.0. The van der Waals surface area contributed by atoms with Crippen molar-refractivity contribution in [3.8, 4) is 0 Å². The van der Waals surface area contributed by atoms with Crippen LogP contribution in [-0.4, -0.2) is 38.0 Å². The molecular formula is C18H23N3O. The number of hydrogen-bond acceptors (Lipinski definition) is 3. The van der Waals surface area contributed by atoms with Gasteiger partial charge < -0.3 is 15.5 Å². The summed E-state index contributed by atoms with van der Waals surface area (Å²) >= 11 is 0. The zero-order chi connectivity index (χ0) is 15.9. The zero-order valence-electron chi connectivity index (χ0n) is 13.4. The molecule has 0 aliphatic heterocycles. The molecule has 0 aromatic heterocycles. The number of likely N-dealkylation sites (N-methyl/N-ethyl adjacent to an activating group) is 1. The molecule has 0 fully saturated rings. The second kappa shape index (κ2) is 7.61. The minimum Gasteiger partial charge on any atom is -0.355 e. The van der Waals surface area contributed by atoms with Crippen LogP contribution in [0.25, 0.3) is 0 Å². The molecule has 4 nitrogen and oxygen atoms in total. The molecule has 0 radical (unpaired) electrons. The molecule has 0 saturated heterocycles. The molecule has 0 saturated carbocycles. The molecule has 2 N–H and O–H groups in total. The average Bonchev–Trinajstić information content (AvgIpc) is 2.47. The summed E-state index contributed by atoms with van der Waals surface area (Å²) in [5.41, 5.74) is 3.63. The van der Waals surface area contributed by atoms with E-state index in [0.717, 1.165) is 17.9 Å². The van der Waals surface area contributed by atoms with Crippen LogP contribution in [-0.2, 0) is 0 Å². The fourth-order valence-electron chi connectivity index (χ4n) is 2.16. The van der Waals surface area contributed by atoms with Gasteiger partial charge >= 0.3 is 0 Å². The summed E-state index contributed by atoms with van der Waals surface area (Å²) in [6.45, 7) is 3.49. The fourth-order valence-corrected chi connectivity index (χ4v) is 2.16. The molecule has 116 valence electrons. The van der Waals surface area contributed by atoms with Gasteiger partial charge in [-0.1, -0.05) is 24.3 Å². The number of carbonyl (C=O) groups is 1. The summed E-state index contributed by atoms with van der Waals surface area (Å²) < 4.78 is 0. The van der Waals surface area contributed by atoms with Crippen LogP contribution in [0, 0.1) is 6.92 Å². The molecule has 0 aliphatic rings. The minimum absolute atomic E-state index is 0.0578. The Labute approximate surface area is 132 Å². The van der Waals surface area contributed by atoms with Crippen molar-refractivity contribution in [3.05, 3.63) is 59.7 Å². The summed E-state index contributed by atoms with van der Waals surface area (Å²) in [5.74, 6) is -0.0578. The third-order valence-electron chi connectivity index (χ3n) is 3.31. The monoisotopic (exact) mass is 297 g/mol. The van der Waals surface area contributed by atoms with Crippen molar-refractivity contribution in [2.45, 2.75) is 6.92 Å². The van der Waals surface area contributed by atoms with Crippen molar-refractivity contribution >= 4 is 17.3 Å². The normalized spacial score (nSPS) is 10.5. The van der Waals surface area contributed by atoms with E-state index in [1.807, 2.05) is 68.4 Å². The van der Waals surface area contributed by atoms with E-state index < -0.39 is 0 Å². The van der Waals surface area contributed by atoms with Crippen molar-refractivity contribution in [2.24, 2.45) is 0 Å². The highest BCUT2D eigenvalue weighted by molar-refractivity contribution is 6.00. The number of para-hydroxylation sites is 1. The molecule has 2 rings (SSSR count). The van der Waals surface area contributed by atoms with Gasteiger partial charge in [0.2, 0.25) is 0 Å². The number of anilines is 2. The van der Waals surface area contributed by atoms with Crippen LogP contribution < -0.4 is 10.6 Å². The lowest BCUT2D eigenvalue weighted by Gasteiger charge is -2.14. The maximum atomic E-state index is 12.3. The molecule has 0 bridgehead atoms. The molecule has 22 heavy (non-hydrogen) atoms. The topological polar surface area (TPSA) is 44.4 Å². The molecule has 0 heterocycles. The molecule has 1 amide bonds. The first-order valence-electron chi connectivity index (χ1n) is 7.42. The predicted molar refractivity (Wildman–Crippen MR) is 91.8 cm³/mol. The van der Waals surface area contributed by atoms with E-state index in [2.05, 4.69) is 16.7 Å². The Morgan fingerprint density at radius 2 is 1.86 bits per heavy atom. The quantitative estimate of drug-likeness (QED) is 0.861. The van der Waals surface area contributed by atoms with Gasteiger partial charge in [0.25, 0.3) is 5.91 Å². The van der Waals surface area contributed by atoms with Crippen LogP contribution in [0.2, 0.25) is 0 Å². The molecule has 0 aliphatic carbocycles. The number of rotatable bonds is 6. The van der Waals surface area contributed by atoms with Crippen molar-refractivity contribution in [2.75, 3.05) is 32.5 Å². The molecule has 2 aromatic carbocycles. The number of aryl methyl sites for hydroxylation is 1. The Hall–Kier alpha value is -2.33. The van der Waals surface area contributed by atoms with Crippen LogP contribution in [0.4, 0.5) is 11.4 Å². The summed E-state index contributed by atoms with van der Waals surface area (Å²) in [6.07, 6.45) is 0. The Morgan fingerprint density at radius 3 is 2.59 bits per heavy atom. The lowest BCUT2D eigenvalue weighted by Crippen LogP contribution is -2.31. The number of nitrogens with one attached hydrogen (secondary N) is 2. The molecule has 0 spiro atoms. The SMILES string of the molecule is Cc1cccc(Nc2ccccc2C(=O)NCCN(C)C)c1. The van der Waals surface area contributed by atoms with Gasteiger partial charge in [0, 0.05) is 18.8 Å². The summed E-state index contributed by atoms with van der Waals surface area (Å²) in [7, 11) is 3.97. The third-order valence-corrected chi connectivity index (χ3v) is 3.31. The van der Waals surface area contributed by atoms with Crippen LogP contribution >= 0.6 is 0 Å². The lowest BCUT2D eigenvalue weighted by molar-refractivity contribution is 0.0952. The van der Waals surface area contributed by atoms with Crippen LogP contribution in [0.1, 0.15) is 15.9 Å². The first-order chi connectivity index (χ1) is 10.6. The van der Waals surface area contributed by atoms with E-state index in [4.69, 9.17) is 0 Å². The first-order valence-corrected chi connectivity index (χ1v) is 7.42. The van der Waals surface area contributed by atoms with E-state index in [1.165, 1.54) is 5.56 Å². The second-order valence-corrected chi connectivity index (χ2v) is 5.60. The minimum atomic E-state index is -0.0578.